The third kappa shape index (κ3) is 5.24. The lowest BCUT2D eigenvalue weighted by molar-refractivity contribution is -0.144. The molecule has 2 aromatic rings. The first-order valence-electron chi connectivity index (χ1n) is 11.9. The summed E-state index contributed by atoms with van der Waals surface area (Å²) < 4.78 is 5.66. The van der Waals surface area contributed by atoms with Gasteiger partial charge in [0.15, 0.2) is 0 Å². The maximum atomic E-state index is 12.7. The minimum absolute atomic E-state index is 0.00645. The topological polar surface area (TPSA) is 95.9 Å². The number of carboxylic acid groups (broad SMARTS) is 1. The van der Waals surface area contributed by atoms with Crippen LogP contribution in [0.25, 0.3) is 11.1 Å². The van der Waals surface area contributed by atoms with E-state index in [1.54, 1.807) is 0 Å². The van der Waals surface area contributed by atoms with Crippen molar-refractivity contribution >= 4 is 18.0 Å². The van der Waals surface area contributed by atoms with Crippen LogP contribution in [0.5, 0.6) is 0 Å². The summed E-state index contributed by atoms with van der Waals surface area (Å²) in [4.78, 5) is 37.5. The summed E-state index contributed by atoms with van der Waals surface area (Å²) in [6, 6.07) is 16.4. The molecule has 0 aliphatic heterocycles. The smallest absolute Gasteiger partial charge is 0.407 e. The molecule has 4 rings (SSSR count). The number of fused-ring (bicyclic) bond motifs is 3. The number of alkyl carbamates (subject to hydrolysis) is 1. The quantitative estimate of drug-likeness (QED) is 0.603. The van der Waals surface area contributed by atoms with Crippen molar-refractivity contribution in [3.8, 4) is 11.1 Å². The third-order valence-corrected chi connectivity index (χ3v) is 7.19. The normalized spacial score (nSPS) is 16.3. The fraction of sp³-hybridized carbons (Fsp3) is 0.444. The first-order chi connectivity index (χ1) is 16.4. The molecule has 7 heteroatoms. The van der Waals surface area contributed by atoms with Gasteiger partial charge in [0.1, 0.15) is 13.2 Å². The zero-order valence-electron chi connectivity index (χ0n) is 19.6. The van der Waals surface area contributed by atoms with E-state index in [2.05, 4.69) is 29.6 Å². The Balaban J connectivity index is 1.37. The second-order valence-corrected chi connectivity index (χ2v) is 9.56. The number of carbonyl (C=O) groups excluding carboxylic acids is 2. The van der Waals surface area contributed by atoms with Gasteiger partial charge in [0.25, 0.3) is 0 Å². The van der Waals surface area contributed by atoms with E-state index >= 15 is 0 Å². The number of hydrogen-bond donors (Lipinski definition) is 2. The molecule has 0 unspecified atom stereocenters. The van der Waals surface area contributed by atoms with Gasteiger partial charge in [-0.05, 0) is 40.5 Å². The molecule has 1 saturated carbocycles. The van der Waals surface area contributed by atoms with E-state index < -0.39 is 12.1 Å². The van der Waals surface area contributed by atoms with E-state index in [1.165, 1.54) is 23.1 Å². The second-order valence-electron chi connectivity index (χ2n) is 9.56. The Kier molecular flexibility index (Phi) is 7.20. The lowest BCUT2D eigenvalue weighted by atomic mass is 9.71. The van der Waals surface area contributed by atoms with Gasteiger partial charge in [-0.1, -0.05) is 67.8 Å². The van der Waals surface area contributed by atoms with E-state index in [0.29, 0.717) is 6.54 Å². The number of amides is 2. The fourth-order valence-corrected chi connectivity index (χ4v) is 5.37. The van der Waals surface area contributed by atoms with Crippen molar-refractivity contribution in [1.29, 1.82) is 0 Å². The lowest BCUT2D eigenvalue weighted by Crippen LogP contribution is -2.43. The molecule has 2 N–H and O–H groups in total. The molecular formula is C27H32N2O5. The zero-order chi connectivity index (χ0) is 24.1. The van der Waals surface area contributed by atoms with Crippen LogP contribution in [-0.4, -0.2) is 54.7 Å². The van der Waals surface area contributed by atoms with Crippen molar-refractivity contribution in [2.75, 3.05) is 26.7 Å². The van der Waals surface area contributed by atoms with Crippen LogP contribution in [0.2, 0.25) is 0 Å². The predicted octanol–water partition coefficient (Wildman–Crippen LogP) is 4.41. The van der Waals surface area contributed by atoms with Crippen molar-refractivity contribution in [3.63, 3.8) is 0 Å². The Morgan fingerprint density at radius 2 is 1.59 bits per heavy atom. The van der Waals surface area contributed by atoms with Crippen LogP contribution in [-0.2, 0) is 14.3 Å². The number of rotatable bonds is 8. The Labute approximate surface area is 200 Å². The molecule has 7 nitrogen and oxygen atoms in total. The van der Waals surface area contributed by atoms with E-state index in [4.69, 9.17) is 9.84 Å². The number of benzene rings is 2. The molecule has 180 valence electrons. The zero-order valence-corrected chi connectivity index (χ0v) is 19.6. The van der Waals surface area contributed by atoms with Crippen molar-refractivity contribution in [2.45, 2.75) is 44.4 Å². The summed E-state index contributed by atoms with van der Waals surface area (Å²) in [5, 5.41) is 11.9. The van der Waals surface area contributed by atoms with Gasteiger partial charge >= 0.3 is 12.1 Å². The molecule has 0 saturated heterocycles. The Morgan fingerprint density at radius 3 is 2.18 bits per heavy atom. The molecular weight excluding hydrogens is 432 g/mol. The Bertz CT molecular complexity index is 1010. The summed E-state index contributed by atoms with van der Waals surface area (Å²) in [5.74, 6) is -1.25. The number of carbonyl (C=O) groups is 3. The van der Waals surface area contributed by atoms with Crippen molar-refractivity contribution in [1.82, 2.24) is 10.2 Å². The minimum atomic E-state index is -1.04. The second kappa shape index (κ2) is 10.3. The van der Waals surface area contributed by atoms with E-state index in [0.717, 1.165) is 43.2 Å². The summed E-state index contributed by atoms with van der Waals surface area (Å²) in [7, 11) is 1.51. The largest absolute Gasteiger partial charge is 0.480 e. The van der Waals surface area contributed by atoms with Crippen LogP contribution < -0.4 is 5.32 Å². The maximum absolute atomic E-state index is 12.7. The molecule has 2 aromatic carbocycles. The highest BCUT2D eigenvalue weighted by Crippen LogP contribution is 2.44. The first-order valence-corrected chi connectivity index (χ1v) is 11.9. The van der Waals surface area contributed by atoms with Crippen LogP contribution in [0.15, 0.2) is 48.5 Å². The van der Waals surface area contributed by atoms with Crippen LogP contribution in [0.4, 0.5) is 4.79 Å². The highest BCUT2D eigenvalue weighted by molar-refractivity contribution is 5.82. The molecule has 0 aromatic heterocycles. The van der Waals surface area contributed by atoms with Crippen LogP contribution in [0, 0.1) is 5.41 Å². The molecule has 0 atom stereocenters. The lowest BCUT2D eigenvalue weighted by Gasteiger charge is -2.37. The fourth-order valence-electron chi connectivity index (χ4n) is 5.37. The average Bonchev–Trinajstić information content (AvgIpc) is 3.15. The minimum Gasteiger partial charge on any atom is -0.480 e. The van der Waals surface area contributed by atoms with Crippen molar-refractivity contribution in [3.05, 3.63) is 59.7 Å². The number of hydrogen-bond acceptors (Lipinski definition) is 4. The van der Waals surface area contributed by atoms with Gasteiger partial charge < -0.3 is 20.1 Å². The number of likely N-dealkylation sites (N-methyl/N-ethyl adjacent to an activating group) is 1. The van der Waals surface area contributed by atoms with Crippen LogP contribution in [0.3, 0.4) is 0 Å². The average molecular weight is 465 g/mol. The number of aliphatic carboxylic acids is 1. The Morgan fingerprint density at radius 1 is 1.00 bits per heavy atom. The molecule has 0 bridgehead atoms. The number of nitrogens with one attached hydrogen (secondary N) is 1. The van der Waals surface area contributed by atoms with E-state index in [1.807, 2.05) is 24.3 Å². The maximum Gasteiger partial charge on any atom is 0.407 e. The molecule has 1 fully saturated rings. The van der Waals surface area contributed by atoms with Gasteiger partial charge in [0.05, 0.1) is 0 Å². The number of carboxylic acids is 1. The van der Waals surface area contributed by atoms with Gasteiger partial charge in [0.2, 0.25) is 5.91 Å². The van der Waals surface area contributed by atoms with E-state index in [-0.39, 0.29) is 36.8 Å². The first kappa shape index (κ1) is 23.8. The summed E-state index contributed by atoms with van der Waals surface area (Å²) >= 11 is 0. The third-order valence-electron chi connectivity index (χ3n) is 7.19. The number of nitrogens with zero attached hydrogens (tertiary/aromatic N) is 1. The Hall–Kier alpha value is -3.35. The molecule has 2 aliphatic rings. The van der Waals surface area contributed by atoms with Crippen molar-refractivity contribution < 1.29 is 24.2 Å². The van der Waals surface area contributed by atoms with Gasteiger partial charge in [0, 0.05) is 25.9 Å². The highest BCUT2D eigenvalue weighted by Gasteiger charge is 2.36. The van der Waals surface area contributed by atoms with Gasteiger partial charge in [-0.2, -0.15) is 0 Å². The molecule has 2 aliphatic carbocycles. The molecule has 34 heavy (non-hydrogen) atoms. The number of ether oxygens (including phenoxy) is 1. The summed E-state index contributed by atoms with van der Waals surface area (Å²) in [6.45, 7) is 0.262. The summed E-state index contributed by atoms with van der Waals surface area (Å²) in [6.07, 6.45) is 4.46. The van der Waals surface area contributed by atoms with Crippen LogP contribution in [0.1, 0.15) is 55.6 Å². The van der Waals surface area contributed by atoms with Crippen molar-refractivity contribution in [2.24, 2.45) is 5.41 Å². The summed E-state index contributed by atoms with van der Waals surface area (Å²) in [5.41, 5.74) is 4.31. The van der Waals surface area contributed by atoms with Gasteiger partial charge in [-0.15, -0.1) is 0 Å². The van der Waals surface area contributed by atoms with Gasteiger partial charge in [-0.25, -0.2) is 4.79 Å². The molecule has 0 radical (unpaired) electrons. The predicted molar refractivity (Wildman–Crippen MR) is 128 cm³/mol. The molecule has 0 heterocycles. The highest BCUT2D eigenvalue weighted by atomic mass is 16.5. The standard InChI is InChI=1S/C27H32N2O5/c1-29(16-25(31)32)24(30)15-27(13-7-2-8-14-27)18-28-26(33)34-17-23-21-11-5-3-9-19(21)20-10-4-6-12-22(20)23/h3-6,9-12,23H,2,7-8,13-18H2,1H3,(H,28,33)(H,31,32). The molecule has 2 amide bonds. The molecule has 0 spiro atoms. The monoisotopic (exact) mass is 464 g/mol. The van der Waals surface area contributed by atoms with E-state index in [9.17, 15) is 14.4 Å². The van der Waals surface area contributed by atoms with Crippen LogP contribution >= 0.6 is 0 Å². The SMILES string of the molecule is CN(CC(=O)O)C(=O)CC1(CNC(=O)OCC2c3ccccc3-c3ccccc32)CCCCC1. The van der Waals surface area contributed by atoms with Gasteiger partial charge in [-0.3, -0.25) is 9.59 Å².